The third-order valence-corrected chi connectivity index (χ3v) is 3.61. The molecule has 1 aliphatic heterocycles. The van der Waals surface area contributed by atoms with E-state index in [1.807, 2.05) is 24.3 Å². The number of para-hydroxylation sites is 1. The number of amides is 1. The van der Waals surface area contributed by atoms with Gasteiger partial charge in [-0.25, -0.2) is 9.97 Å². The number of anilines is 1. The van der Waals surface area contributed by atoms with Crippen LogP contribution < -0.4 is 16.2 Å². The highest BCUT2D eigenvalue weighted by Gasteiger charge is 2.18. The van der Waals surface area contributed by atoms with Crippen molar-refractivity contribution in [1.29, 1.82) is 0 Å². The average molecular weight is 314 g/mol. The number of nitrogens with two attached hydrogens (primary N) is 2. The maximum Gasteiger partial charge on any atom is 0.267 e. The number of rotatable bonds is 5. The van der Waals surface area contributed by atoms with Crippen LogP contribution in [-0.2, 0) is 4.74 Å². The van der Waals surface area contributed by atoms with Gasteiger partial charge in [0.15, 0.2) is 0 Å². The third kappa shape index (κ3) is 3.57. The van der Waals surface area contributed by atoms with Crippen molar-refractivity contribution in [1.82, 2.24) is 9.97 Å². The topological polar surface area (TPSA) is 113 Å². The van der Waals surface area contributed by atoms with Crippen molar-refractivity contribution >= 4 is 11.9 Å². The molecule has 4 N–H and O–H groups in total. The van der Waals surface area contributed by atoms with Crippen LogP contribution in [0.1, 0.15) is 23.3 Å². The molecular weight excluding hydrogens is 296 g/mol. The van der Waals surface area contributed by atoms with Gasteiger partial charge in [-0.2, -0.15) is 0 Å². The van der Waals surface area contributed by atoms with Crippen LogP contribution in [0.3, 0.4) is 0 Å². The summed E-state index contributed by atoms with van der Waals surface area (Å²) in [6, 6.07) is 8.92. The number of hydrogen-bond donors (Lipinski definition) is 2. The van der Waals surface area contributed by atoms with Gasteiger partial charge in [0.25, 0.3) is 5.91 Å². The zero-order chi connectivity index (χ0) is 16.2. The fourth-order valence-corrected chi connectivity index (χ4v) is 2.49. The SMILES string of the molecule is NC(=O)c1cc(-c2ccccc2OCC2CCCO2)nc(N)n1. The molecule has 1 unspecified atom stereocenters. The van der Waals surface area contributed by atoms with Gasteiger partial charge in [0.05, 0.1) is 11.8 Å². The summed E-state index contributed by atoms with van der Waals surface area (Å²) in [5.41, 5.74) is 12.2. The van der Waals surface area contributed by atoms with E-state index < -0.39 is 5.91 Å². The number of ether oxygens (including phenoxy) is 2. The monoisotopic (exact) mass is 314 g/mol. The number of benzene rings is 1. The Morgan fingerprint density at radius 1 is 1.35 bits per heavy atom. The first-order chi connectivity index (χ1) is 11.1. The molecule has 1 amide bonds. The summed E-state index contributed by atoms with van der Waals surface area (Å²) in [6.07, 6.45) is 2.16. The van der Waals surface area contributed by atoms with Gasteiger partial charge in [-0.15, -0.1) is 0 Å². The molecule has 0 aliphatic carbocycles. The molecule has 1 aliphatic rings. The maximum atomic E-state index is 11.3. The van der Waals surface area contributed by atoms with E-state index in [2.05, 4.69) is 9.97 Å². The molecule has 1 aromatic heterocycles. The number of aromatic nitrogens is 2. The molecule has 1 fully saturated rings. The Morgan fingerprint density at radius 3 is 2.91 bits per heavy atom. The van der Waals surface area contributed by atoms with Gasteiger partial charge >= 0.3 is 0 Å². The van der Waals surface area contributed by atoms with Crippen LogP contribution in [-0.4, -0.2) is 35.2 Å². The Balaban J connectivity index is 1.88. The van der Waals surface area contributed by atoms with Crippen molar-refractivity contribution < 1.29 is 14.3 Å². The second kappa shape index (κ2) is 6.62. The van der Waals surface area contributed by atoms with Crippen LogP contribution in [0.4, 0.5) is 5.95 Å². The van der Waals surface area contributed by atoms with E-state index in [-0.39, 0.29) is 17.7 Å². The van der Waals surface area contributed by atoms with Crippen molar-refractivity contribution in [3.8, 4) is 17.0 Å². The lowest BCUT2D eigenvalue weighted by Crippen LogP contribution is -2.17. The highest BCUT2D eigenvalue weighted by Crippen LogP contribution is 2.29. The minimum Gasteiger partial charge on any atom is -0.490 e. The Hall–Kier alpha value is -2.67. The number of nitrogens with zero attached hydrogens (tertiary/aromatic N) is 2. The zero-order valence-electron chi connectivity index (χ0n) is 12.6. The van der Waals surface area contributed by atoms with Gasteiger partial charge in [-0.05, 0) is 31.0 Å². The summed E-state index contributed by atoms with van der Waals surface area (Å²) >= 11 is 0. The second-order valence-electron chi connectivity index (χ2n) is 5.30. The van der Waals surface area contributed by atoms with E-state index in [9.17, 15) is 4.79 Å². The summed E-state index contributed by atoms with van der Waals surface area (Å²) < 4.78 is 11.4. The molecule has 0 radical (unpaired) electrons. The van der Waals surface area contributed by atoms with E-state index in [0.29, 0.717) is 18.1 Å². The second-order valence-corrected chi connectivity index (χ2v) is 5.30. The van der Waals surface area contributed by atoms with Crippen LogP contribution in [0, 0.1) is 0 Å². The molecule has 0 bridgehead atoms. The van der Waals surface area contributed by atoms with Crippen LogP contribution >= 0.6 is 0 Å². The van der Waals surface area contributed by atoms with Crippen LogP contribution in [0.2, 0.25) is 0 Å². The Kier molecular flexibility index (Phi) is 4.38. The van der Waals surface area contributed by atoms with Gasteiger partial charge in [0.1, 0.15) is 18.1 Å². The molecule has 7 heteroatoms. The highest BCUT2D eigenvalue weighted by molar-refractivity contribution is 5.92. The van der Waals surface area contributed by atoms with Crippen LogP contribution in [0.5, 0.6) is 5.75 Å². The molecule has 2 heterocycles. The smallest absolute Gasteiger partial charge is 0.267 e. The van der Waals surface area contributed by atoms with Gasteiger partial charge < -0.3 is 20.9 Å². The summed E-state index contributed by atoms with van der Waals surface area (Å²) in [5.74, 6) is -0.0140. The predicted octanol–water partition coefficient (Wildman–Crippen LogP) is 1.38. The van der Waals surface area contributed by atoms with E-state index >= 15 is 0 Å². The van der Waals surface area contributed by atoms with E-state index in [4.69, 9.17) is 20.9 Å². The van der Waals surface area contributed by atoms with Gasteiger partial charge in [0, 0.05) is 12.2 Å². The average Bonchev–Trinajstić information content (AvgIpc) is 3.06. The summed E-state index contributed by atoms with van der Waals surface area (Å²) in [6.45, 7) is 1.25. The first-order valence-electron chi connectivity index (χ1n) is 7.41. The first-order valence-corrected chi connectivity index (χ1v) is 7.41. The van der Waals surface area contributed by atoms with E-state index in [0.717, 1.165) is 25.0 Å². The largest absolute Gasteiger partial charge is 0.490 e. The van der Waals surface area contributed by atoms with Crippen molar-refractivity contribution in [3.05, 3.63) is 36.0 Å². The van der Waals surface area contributed by atoms with Gasteiger partial charge in [0.2, 0.25) is 5.95 Å². The highest BCUT2D eigenvalue weighted by atomic mass is 16.5. The molecule has 2 aromatic rings. The van der Waals surface area contributed by atoms with Crippen molar-refractivity contribution in [3.63, 3.8) is 0 Å². The van der Waals surface area contributed by atoms with E-state index in [1.54, 1.807) is 0 Å². The number of carbonyl (C=O) groups is 1. The third-order valence-electron chi connectivity index (χ3n) is 3.61. The Morgan fingerprint density at radius 2 is 2.17 bits per heavy atom. The first kappa shape index (κ1) is 15.2. The predicted molar refractivity (Wildman–Crippen MR) is 84.9 cm³/mol. The molecule has 7 nitrogen and oxygen atoms in total. The quantitative estimate of drug-likeness (QED) is 0.862. The fraction of sp³-hybridized carbons (Fsp3) is 0.312. The van der Waals surface area contributed by atoms with Crippen molar-refractivity contribution in [2.45, 2.75) is 18.9 Å². The molecule has 1 saturated heterocycles. The summed E-state index contributed by atoms with van der Waals surface area (Å²) in [7, 11) is 0. The molecule has 0 saturated carbocycles. The number of carbonyl (C=O) groups excluding carboxylic acids is 1. The number of nitrogen functional groups attached to an aromatic ring is 1. The molecule has 1 aromatic carbocycles. The standard InChI is InChI=1S/C16H18N4O3/c17-15(21)13-8-12(19-16(18)20-13)11-5-1-2-6-14(11)23-9-10-4-3-7-22-10/h1-2,5-6,8,10H,3-4,7,9H2,(H2,17,21)(H2,18,19,20). The van der Waals surface area contributed by atoms with Gasteiger partial charge in [-0.3, -0.25) is 4.79 Å². The normalized spacial score (nSPS) is 17.1. The lowest BCUT2D eigenvalue weighted by molar-refractivity contribution is 0.0681. The lowest BCUT2D eigenvalue weighted by Gasteiger charge is -2.14. The van der Waals surface area contributed by atoms with Crippen molar-refractivity contribution in [2.75, 3.05) is 18.9 Å². The number of primary amides is 1. The molecular formula is C16H18N4O3. The van der Waals surface area contributed by atoms with Crippen LogP contribution in [0.25, 0.3) is 11.3 Å². The maximum absolute atomic E-state index is 11.3. The zero-order valence-corrected chi connectivity index (χ0v) is 12.6. The molecule has 3 rings (SSSR count). The van der Waals surface area contributed by atoms with Gasteiger partial charge in [-0.1, -0.05) is 12.1 Å². The van der Waals surface area contributed by atoms with E-state index in [1.165, 1.54) is 6.07 Å². The molecule has 120 valence electrons. The Bertz CT molecular complexity index is 714. The summed E-state index contributed by atoms with van der Waals surface area (Å²) in [5, 5.41) is 0. The van der Waals surface area contributed by atoms with Crippen molar-refractivity contribution in [2.24, 2.45) is 5.73 Å². The van der Waals surface area contributed by atoms with Crippen LogP contribution in [0.15, 0.2) is 30.3 Å². The minimum absolute atomic E-state index is 0.00905. The molecule has 1 atom stereocenters. The minimum atomic E-state index is -0.655. The number of hydrogen-bond acceptors (Lipinski definition) is 6. The lowest BCUT2D eigenvalue weighted by atomic mass is 10.1. The molecule has 23 heavy (non-hydrogen) atoms. The fourth-order valence-electron chi connectivity index (χ4n) is 2.49. The molecule has 0 spiro atoms. The summed E-state index contributed by atoms with van der Waals surface area (Å²) in [4.78, 5) is 19.4. The Labute approximate surface area is 133 Å².